The van der Waals surface area contributed by atoms with Crippen LogP contribution >= 0.6 is 0 Å². The lowest BCUT2D eigenvalue weighted by atomic mass is 9.94. The first-order chi connectivity index (χ1) is 15.4. The zero-order valence-corrected chi connectivity index (χ0v) is 19.7. The highest BCUT2D eigenvalue weighted by molar-refractivity contribution is 7.92. The first-order valence-corrected chi connectivity index (χ1v) is 12.4. The molecule has 0 aliphatic rings. The van der Waals surface area contributed by atoms with Crippen molar-refractivity contribution in [2.45, 2.75) is 55.6 Å². The van der Waals surface area contributed by atoms with Crippen molar-refractivity contribution in [3.05, 3.63) is 54.1 Å². The van der Waals surface area contributed by atoms with Gasteiger partial charge in [0.25, 0.3) is 0 Å². The molecule has 0 bridgehead atoms. The minimum atomic E-state index is -3.89. The second-order valence-corrected chi connectivity index (χ2v) is 9.87. The molecular formula is C24H33NO6S. The van der Waals surface area contributed by atoms with E-state index in [4.69, 9.17) is 9.47 Å². The number of hydrogen-bond acceptors (Lipinski definition) is 6. The summed E-state index contributed by atoms with van der Waals surface area (Å²) in [5.41, 5.74) is 2.85. The highest BCUT2D eigenvalue weighted by Crippen LogP contribution is 2.34. The summed E-state index contributed by atoms with van der Waals surface area (Å²) >= 11 is 0. The maximum atomic E-state index is 13.6. The molecule has 0 spiro atoms. The number of benzene rings is 2. The first-order valence-electron chi connectivity index (χ1n) is 10.8. The van der Waals surface area contributed by atoms with Gasteiger partial charge < -0.3 is 9.47 Å². The third-order valence-electron chi connectivity index (χ3n) is 5.62. The van der Waals surface area contributed by atoms with Crippen molar-refractivity contribution in [3.63, 3.8) is 0 Å². The number of rotatable bonds is 13. The number of unbranched alkanes of at least 4 members (excludes halogenated alkanes) is 1. The van der Waals surface area contributed by atoms with Gasteiger partial charge in [-0.3, -0.25) is 10.0 Å². The van der Waals surface area contributed by atoms with E-state index < -0.39 is 26.9 Å². The molecule has 0 saturated carbocycles. The van der Waals surface area contributed by atoms with Crippen molar-refractivity contribution in [2.24, 2.45) is 5.92 Å². The molecule has 7 nitrogen and oxygen atoms in total. The van der Waals surface area contributed by atoms with Crippen LogP contribution in [0.15, 0.2) is 53.4 Å². The van der Waals surface area contributed by atoms with E-state index in [-0.39, 0.29) is 4.90 Å². The van der Waals surface area contributed by atoms with E-state index in [1.165, 1.54) is 31.9 Å². The standard InChI is InChI=1S/C24H33NO6S/c1-4-10-20(24(26)25-27)23(14-9-8-13-18-11-6-5-7-12-18)32(28,29)19-15-16-21(30-2)22(17-19)31-3/h5-7,11-12,15-17,20,23,27H,4,8-10,13-14H2,1-3H3,(H,25,26). The molecule has 2 atom stereocenters. The van der Waals surface area contributed by atoms with Crippen LogP contribution in [0.5, 0.6) is 11.5 Å². The Morgan fingerprint density at radius 1 is 1.00 bits per heavy atom. The van der Waals surface area contributed by atoms with Crippen LogP contribution in [0.2, 0.25) is 0 Å². The number of hydrogen-bond donors (Lipinski definition) is 2. The van der Waals surface area contributed by atoms with E-state index in [0.29, 0.717) is 37.2 Å². The smallest absolute Gasteiger partial charge is 0.247 e. The molecule has 8 heteroatoms. The Morgan fingerprint density at radius 3 is 2.28 bits per heavy atom. The lowest BCUT2D eigenvalue weighted by Crippen LogP contribution is -2.40. The van der Waals surface area contributed by atoms with Crippen molar-refractivity contribution in [1.29, 1.82) is 0 Å². The predicted molar refractivity (Wildman–Crippen MR) is 123 cm³/mol. The summed E-state index contributed by atoms with van der Waals surface area (Å²) in [5, 5.41) is 8.29. The molecule has 0 saturated heterocycles. The number of amides is 1. The monoisotopic (exact) mass is 463 g/mol. The van der Waals surface area contributed by atoms with Crippen LogP contribution in [0.4, 0.5) is 0 Å². The van der Waals surface area contributed by atoms with Gasteiger partial charge in [-0.1, -0.05) is 50.1 Å². The van der Waals surface area contributed by atoms with Crippen LogP contribution in [-0.4, -0.2) is 39.0 Å². The number of hydroxylamine groups is 1. The Bertz CT molecular complexity index is 962. The summed E-state index contributed by atoms with van der Waals surface area (Å²) in [6.07, 6.45) is 3.52. The van der Waals surface area contributed by atoms with Gasteiger partial charge >= 0.3 is 0 Å². The summed E-state index contributed by atoms with van der Waals surface area (Å²) in [5.74, 6) is -0.817. The van der Waals surface area contributed by atoms with Crippen molar-refractivity contribution in [3.8, 4) is 11.5 Å². The maximum Gasteiger partial charge on any atom is 0.247 e. The molecule has 32 heavy (non-hydrogen) atoms. The Balaban J connectivity index is 2.31. The summed E-state index contributed by atoms with van der Waals surface area (Å²) in [4.78, 5) is 12.5. The van der Waals surface area contributed by atoms with E-state index in [9.17, 15) is 18.4 Å². The zero-order valence-electron chi connectivity index (χ0n) is 18.9. The maximum absolute atomic E-state index is 13.6. The van der Waals surface area contributed by atoms with Crippen LogP contribution in [0.3, 0.4) is 0 Å². The fourth-order valence-corrected chi connectivity index (χ4v) is 5.99. The molecule has 176 valence electrons. The molecule has 0 aliphatic heterocycles. The minimum Gasteiger partial charge on any atom is -0.493 e. The molecule has 2 N–H and O–H groups in total. The predicted octanol–water partition coefficient (Wildman–Crippen LogP) is 4.18. The van der Waals surface area contributed by atoms with Crippen molar-refractivity contribution < 1.29 is 27.9 Å². The largest absolute Gasteiger partial charge is 0.493 e. The van der Waals surface area contributed by atoms with Crippen LogP contribution in [0.1, 0.15) is 44.6 Å². The first kappa shape index (κ1) is 25.7. The summed E-state index contributed by atoms with van der Waals surface area (Å²) < 4.78 is 37.8. The summed E-state index contributed by atoms with van der Waals surface area (Å²) in [7, 11) is -0.972. The van der Waals surface area contributed by atoms with Gasteiger partial charge in [-0.2, -0.15) is 0 Å². The third kappa shape index (κ3) is 6.46. The lowest BCUT2D eigenvalue weighted by molar-refractivity contribution is -0.133. The van der Waals surface area contributed by atoms with E-state index in [0.717, 1.165) is 12.8 Å². The lowest BCUT2D eigenvalue weighted by Gasteiger charge is -2.26. The zero-order chi connectivity index (χ0) is 23.6. The van der Waals surface area contributed by atoms with Gasteiger partial charge in [-0.15, -0.1) is 0 Å². The fraction of sp³-hybridized carbons (Fsp3) is 0.458. The Morgan fingerprint density at radius 2 is 1.69 bits per heavy atom. The number of ether oxygens (including phenoxy) is 2. The molecule has 0 fully saturated rings. The topological polar surface area (TPSA) is 102 Å². The minimum absolute atomic E-state index is 0.0649. The molecule has 0 aromatic heterocycles. The van der Waals surface area contributed by atoms with E-state index in [1.807, 2.05) is 37.3 Å². The quantitative estimate of drug-likeness (QED) is 0.262. The molecule has 2 rings (SSSR count). The third-order valence-corrected chi connectivity index (χ3v) is 7.90. The second-order valence-electron chi connectivity index (χ2n) is 7.70. The van der Waals surface area contributed by atoms with Crippen LogP contribution in [-0.2, 0) is 21.1 Å². The molecule has 0 heterocycles. The molecular weight excluding hydrogens is 430 g/mol. The normalized spacial score (nSPS) is 13.2. The van der Waals surface area contributed by atoms with Crippen LogP contribution in [0.25, 0.3) is 0 Å². The number of carbonyl (C=O) groups excluding carboxylic acids is 1. The van der Waals surface area contributed by atoms with Crippen LogP contribution in [0, 0.1) is 5.92 Å². The number of carbonyl (C=O) groups is 1. The molecule has 0 aliphatic carbocycles. The Hall–Kier alpha value is -2.58. The Kier molecular flexibility index (Phi) is 9.99. The van der Waals surface area contributed by atoms with Crippen molar-refractivity contribution in [1.82, 2.24) is 5.48 Å². The molecule has 2 aromatic carbocycles. The highest BCUT2D eigenvalue weighted by Gasteiger charge is 2.38. The number of methoxy groups -OCH3 is 2. The number of aryl methyl sites for hydroxylation is 1. The highest BCUT2D eigenvalue weighted by atomic mass is 32.2. The second kappa shape index (κ2) is 12.5. The van der Waals surface area contributed by atoms with Gasteiger partial charge in [0.2, 0.25) is 5.91 Å². The summed E-state index contributed by atoms with van der Waals surface area (Å²) in [6.45, 7) is 1.88. The van der Waals surface area contributed by atoms with Gasteiger partial charge in [-0.05, 0) is 43.4 Å². The van der Waals surface area contributed by atoms with E-state index >= 15 is 0 Å². The van der Waals surface area contributed by atoms with Gasteiger partial charge in [-0.25, -0.2) is 13.9 Å². The SMILES string of the molecule is CCCC(C(=O)NO)C(CCCCc1ccccc1)S(=O)(=O)c1ccc(OC)c(OC)c1. The molecule has 2 unspecified atom stereocenters. The molecule has 0 radical (unpaired) electrons. The van der Waals surface area contributed by atoms with Crippen molar-refractivity contribution >= 4 is 15.7 Å². The average Bonchev–Trinajstić information content (AvgIpc) is 2.82. The fourth-order valence-electron chi connectivity index (χ4n) is 3.94. The van der Waals surface area contributed by atoms with E-state index in [2.05, 4.69) is 0 Å². The van der Waals surface area contributed by atoms with Gasteiger partial charge in [0, 0.05) is 6.07 Å². The molecule has 1 amide bonds. The number of nitrogens with one attached hydrogen (secondary N) is 1. The van der Waals surface area contributed by atoms with Crippen molar-refractivity contribution in [2.75, 3.05) is 14.2 Å². The number of sulfone groups is 1. The Labute approximate surface area is 190 Å². The van der Waals surface area contributed by atoms with E-state index in [1.54, 1.807) is 11.5 Å². The van der Waals surface area contributed by atoms with Gasteiger partial charge in [0.05, 0.1) is 30.3 Å². The average molecular weight is 464 g/mol. The van der Waals surface area contributed by atoms with Crippen LogP contribution < -0.4 is 15.0 Å². The molecule has 2 aromatic rings. The summed E-state index contributed by atoms with van der Waals surface area (Å²) in [6, 6.07) is 14.4. The van der Waals surface area contributed by atoms with Gasteiger partial charge in [0.15, 0.2) is 21.3 Å². The van der Waals surface area contributed by atoms with Gasteiger partial charge in [0.1, 0.15) is 0 Å².